The number of benzene rings is 1. The SMILES string of the molecule is CCc1oc(C(=O)NCCc2ccc(OC)cc2OC)cc1C(=O)O. The highest BCUT2D eigenvalue weighted by molar-refractivity contribution is 5.96. The van der Waals surface area contributed by atoms with Crippen molar-refractivity contribution < 1.29 is 28.6 Å². The summed E-state index contributed by atoms with van der Waals surface area (Å²) in [6, 6.07) is 6.72. The maximum Gasteiger partial charge on any atom is 0.339 e. The van der Waals surface area contributed by atoms with Crippen molar-refractivity contribution in [2.45, 2.75) is 19.8 Å². The molecule has 0 radical (unpaired) electrons. The minimum absolute atomic E-state index is 0.00375. The van der Waals surface area contributed by atoms with E-state index in [2.05, 4.69) is 5.32 Å². The Morgan fingerprint density at radius 1 is 1.20 bits per heavy atom. The van der Waals surface area contributed by atoms with Crippen LogP contribution in [-0.4, -0.2) is 37.7 Å². The molecule has 0 saturated carbocycles. The van der Waals surface area contributed by atoms with Gasteiger partial charge in [0.15, 0.2) is 5.76 Å². The van der Waals surface area contributed by atoms with Crippen LogP contribution < -0.4 is 14.8 Å². The van der Waals surface area contributed by atoms with Gasteiger partial charge in [-0.2, -0.15) is 0 Å². The molecule has 0 atom stereocenters. The van der Waals surface area contributed by atoms with Gasteiger partial charge in [-0.05, 0) is 18.1 Å². The third-order valence-corrected chi connectivity index (χ3v) is 3.76. The summed E-state index contributed by atoms with van der Waals surface area (Å²) in [7, 11) is 3.15. The quantitative estimate of drug-likeness (QED) is 0.761. The van der Waals surface area contributed by atoms with Crippen molar-refractivity contribution in [2.24, 2.45) is 0 Å². The maximum absolute atomic E-state index is 12.1. The Bertz CT molecular complexity index is 765. The van der Waals surface area contributed by atoms with Gasteiger partial charge >= 0.3 is 5.97 Å². The van der Waals surface area contributed by atoms with Crippen LogP contribution in [0.1, 0.15) is 39.2 Å². The van der Waals surface area contributed by atoms with E-state index in [9.17, 15) is 9.59 Å². The molecule has 0 saturated heterocycles. The van der Waals surface area contributed by atoms with Crippen molar-refractivity contribution in [3.05, 3.63) is 46.9 Å². The number of ether oxygens (including phenoxy) is 2. The molecule has 7 nitrogen and oxygen atoms in total. The lowest BCUT2D eigenvalue weighted by Gasteiger charge is -2.10. The maximum atomic E-state index is 12.1. The zero-order chi connectivity index (χ0) is 18.4. The number of methoxy groups -OCH3 is 2. The van der Waals surface area contributed by atoms with E-state index >= 15 is 0 Å². The standard InChI is InChI=1S/C18H21NO6/c1-4-14-13(18(21)22)10-16(25-14)17(20)19-8-7-11-5-6-12(23-2)9-15(11)24-3/h5-6,9-10H,4,7-8H2,1-3H3,(H,19,20)(H,21,22). The first-order valence-corrected chi connectivity index (χ1v) is 7.85. The van der Waals surface area contributed by atoms with Crippen molar-refractivity contribution in [2.75, 3.05) is 20.8 Å². The van der Waals surface area contributed by atoms with Gasteiger partial charge in [0, 0.05) is 25.1 Å². The molecular formula is C18H21NO6. The molecule has 0 unspecified atom stereocenters. The van der Waals surface area contributed by atoms with Crippen molar-refractivity contribution in [1.29, 1.82) is 0 Å². The Balaban J connectivity index is 2.00. The molecule has 0 aliphatic heterocycles. The number of nitrogens with one attached hydrogen (secondary N) is 1. The minimum atomic E-state index is -1.11. The van der Waals surface area contributed by atoms with E-state index in [4.69, 9.17) is 19.0 Å². The van der Waals surface area contributed by atoms with Gasteiger partial charge in [0.2, 0.25) is 0 Å². The van der Waals surface area contributed by atoms with E-state index in [1.165, 1.54) is 6.07 Å². The van der Waals surface area contributed by atoms with E-state index in [-0.39, 0.29) is 17.1 Å². The Hall–Kier alpha value is -2.96. The number of furan rings is 1. The molecule has 1 heterocycles. The number of amides is 1. The fraction of sp³-hybridized carbons (Fsp3) is 0.333. The number of carbonyl (C=O) groups excluding carboxylic acids is 1. The zero-order valence-electron chi connectivity index (χ0n) is 14.4. The number of carboxylic acids is 1. The van der Waals surface area contributed by atoms with E-state index in [0.717, 1.165) is 5.56 Å². The van der Waals surface area contributed by atoms with Crippen LogP contribution in [-0.2, 0) is 12.8 Å². The lowest BCUT2D eigenvalue weighted by atomic mass is 10.1. The van der Waals surface area contributed by atoms with Crippen molar-refractivity contribution in [1.82, 2.24) is 5.32 Å². The molecule has 0 bridgehead atoms. The van der Waals surface area contributed by atoms with Gasteiger partial charge in [-0.15, -0.1) is 0 Å². The molecule has 134 valence electrons. The Morgan fingerprint density at radius 3 is 2.52 bits per heavy atom. The average molecular weight is 347 g/mol. The van der Waals surface area contributed by atoms with Gasteiger partial charge in [0.05, 0.1) is 14.2 Å². The van der Waals surface area contributed by atoms with Gasteiger partial charge in [0.1, 0.15) is 22.8 Å². The van der Waals surface area contributed by atoms with Crippen molar-refractivity contribution in [3.8, 4) is 11.5 Å². The molecule has 7 heteroatoms. The Labute approximate surface area is 145 Å². The Morgan fingerprint density at radius 2 is 1.96 bits per heavy atom. The first-order chi connectivity index (χ1) is 12.0. The van der Waals surface area contributed by atoms with E-state index in [1.54, 1.807) is 27.2 Å². The molecule has 0 aliphatic carbocycles. The largest absolute Gasteiger partial charge is 0.497 e. The number of carbonyl (C=O) groups is 2. The van der Waals surface area contributed by atoms with Gasteiger partial charge in [-0.1, -0.05) is 13.0 Å². The van der Waals surface area contributed by atoms with Crippen LogP contribution >= 0.6 is 0 Å². The normalized spacial score (nSPS) is 10.4. The van der Waals surface area contributed by atoms with Crippen LogP contribution in [0.3, 0.4) is 0 Å². The summed E-state index contributed by atoms with van der Waals surface area (Å²) in [5, 5.41) is 11.8. The average Bonchev–Trinajstić information content (AvgIpc) is 3.06. The lowest BCUT2D eigenvalue weighted by Crippen LogP contribution is -2.25. The molecule has 0 aliphatic rings. The number of rotatable bonds is 8. The van der Waals surface area contributed by atoms with Crippen LogP contribution in [0, 0.1) is 0 Å². The summed E-state index contributed by atoms with van der Waals surface area (Å²) < 4.78 is 15.8. The first-order valence-electron chi connectivity index (χ1n) is 7.85. The molecular weight excluding hydrogens is 326 g/mol. The summed E-state index contributed by atoms with van der Waals surface area (Å²) in [6.45, 7) is 2.12. The topological polar surface area (TPSA) is 98.0 Å². The Kier molecular flexibility index (Phi) is 6.05. The predicted molar refractivity (Wildman–Crippen MR) is 90.6 cm³/mol. The number of aryl methyl sites for hydroxylation is 1. The highest BCUT2D eigenvalue weighted by Gasteiger charge is 2.19. The van der Waals surface area contributed by atoms with Gasteiger partial charge in [-0.25, -0.2) is 4.79 Å². The number of aromatic carboxylic acids is 1. The third-order valence-electron chi connectivity index (χ3n) is 3.76. The summed E-state index contributed by atoms with van der Waals surface area (Å²) in [4.78, 5) is 23.3. The second kappa shape index (κ2) is 8.23. The fourth-order valence-corrected chi connectivity index (χ4v) is 2.44. The lowest BCUT2D eigenvalue weighted by molar-refractivity contribution is 0.0694. The minimum Gasteiger partial charge on any atom is -0.497 e. The number of hydrogen-bond donors (Lipinski definition) is 2. The van der Waals surface area contributed by atoms with E-state index in [0.29, 0.717) is 30.9 Å². The van der Waals surface area contributed by atoms with Crippen LogP contribution in [0.2, 0.25) is 0 Å². The zero-order valence-corrected chi connectivity index (χ0v) is 14.4. The number of carboxylic acid groups (broad SMARTS) is 1. The second-order valence-electron chi connectivity index (χ2n) is 5.29. The van der Waals surface area contributed by atoms with Crippen LogP contribution in [0.25, 0.3) is 0 Å². The summed E-state index contributed by atoms with van der Waals surface area (Å²) in [6.07, 6.45) is 0.948. The van der Waals surface area contributed by atoms with E-state index in [1.807, 2.05) is 12.1 Å². The predicted octanol–water partition coefficient (Wildman–Crippen LogP) is 2.53. The fourth-order valence-electron chi connectivity index (χ4n) is 2.44. The smallest absolute Gasteiger partial charge is 0.339 e. The second-order valence-corrected chi connectivity index (χ2v) is 5.29. The molecule has 1 amide bonds. The van der Waals surface area contributed by atoms with Crippen LogP contribution in [0.5, 0.6) is 11.5 Å². The molecule has 2 N–H and O–H groups in total. The molecule has 2 aromatic rings. The monoisotopic (exact) mass is 347 g/mol. The summed E-state index contributed by atoms with van der Waals surface area (Å²) in [5.74, 6) is 0.0873. The van der Waals surface area contributed by atoms with Gasteiger partial charge < -0.3 is 24.3 Å². The van der Waals surface area contributed by atoms with Gasteiger partial charge in [-0.3, -0.25) is 4.79 Å². The van der Waals surface area contributed by atoms with Crippen molar-refractivity contribution >= 4 is 11.9 Å². The molecule has 2 rings (SSSR count). The molecule has 25 heavy (non-hydrogen) atoms. The molecule has 0 spiro atoms. The van der Waals surface area contributed by atoms with Crippen LogP contribution in [0.15, 0.2) is 28.7 Å². The highest BCUT2D eigenvalue weighted by Crippen LogP contribution is 2.24. The van der Waals surface area contributed by atoms with Gasteiger partial charge in [0.25, 0.3) is 5.91 Å². The first kappa shape index (κ1) is 18.4. The van der Waals surface area contributed by atoms with Crippen LogP contribution in [0.4, 0.5) is 0 Å². The highest BCUT2D eigenvalue weighted by atomic mass is 16.5. The summed E-state index contributed by atoms with van der Waals surface area (Å²) >= 11 is 0. The molecule has 1 aromatic carbocycles. The third kappa shape index (κ3) is 4.32. The van der Waals surface area contributed by atoms with E-state index < -0.39 is 11.9 Å². The molecule has 0 fully saturated rings. The van der Waals surface area contributed by atoms with Crippen molar-refractivity contribution in [3.63, 3.8) is 0 Å². The summed E-state index contributed by atoms with van der Waals surface area (Å²) in [5.41, 5.74) is 0.938. The number of hydrogen-bond acceptors (Lipinski definition) is 5. The molecule has 1 aromatic heterocycles.